The number of benzene rings is 2. The van der Waals surface area contributed by atoms with E-state index in [0.717, 1.165) is 17.5 Å². The van der Waals surface area contributed by atoms with Crippen LogP contribution in [0.5, 0.6) is 11.5 Å². The van der Waals surface area contributed by atoms with E-state index in [1.165, 1.54) is 0 Å². The quantitative estimate of drug-likeness (QED) is 0.437. The molecule has 0 aliphatic heterocycles. The Kier molecular flexibility index (Phi) is 6.54. The summed E-state index contributed by atoms with van der Waals surface area (Å²) in [5, 5.41) is 2.70. The molecule has 0 saturated carbocycles. The number of amides is 1. The molecule has 0 atom stereocenters. The zero-order valence-electron chi connectivity index (χ0n) is 15.8. The highest BCUT2D eigenvalue weighted by Crippen LogP contribution is 2.35. The normalized spacial score (nSPS) is 11.5. The first-order valence-electron chi connectivity index (χ1n) is 8.58. The second-order valence-corrected chi connectivity index (χ2v) is 5.95. The SMILES string of the molecule is CCCNC(=O)/C(N)=C(\N)c1cccc(-c2cc(OC)cc(OC)c2)c1N. The van der Waals surface area contributed by atoms with Crippen LogP contribution in [0.1, 0.15) is 18.9 Å². The van der Waals surface area contributed by atoms with Crippen LogP contribution in [0.3, 0.4) is 0 Å². The smallest absolute Gasteiger partial charge is 0.269 e. The van der Waals surface area contributed by atoms with Gasteiger partial charge in [0.25, 0.3) is 5.91 Å². The molecule has 2 aromatic rings. The molecule has 0 radical (unpaired) electrons. The van der Waals surface area contributed by atoms with E-state index in [1.54, 1.807) is 32.4 Å². The Hall–Kier alpha value is -3.35. The largest absolute Gasteiger partial charge is 0.497 e. The molecule has 0 bridgehead atoms. The third-order valence-electron chi connectivity index (χ3n) is 4.13. The lowest BCUT2D eigenvalue weighted by Gasteiger charge is -2.15. The van der Waals surface area contributed by atoms with Gasteiger partial charge in [-0.2, -0.15) is 0 Å². The number of methoxy groups -OCH3 is 2. The molecule has 0 aromatic heterocycles. The molecule has 1 amide bonds. The van der Waals surface area contributed by atoms with Gasteiger partial charge < -0.3 is 32.0 Å². The van der Waals surface area contributed by atoms with Gasteiger partial charge in [-0.05, 0) is 24.1 Å². The van der Waals surface area contributed by atoms with Crippen LogP contribution in [-0.4, -0.2) is 26.7 Å². The minimum absolute atomic E-state index is 0.0597. The Morgan fingerprint density at radius 3 is 2.26 bits per heavy atom. The number of nitrogens with one attached hydrogen (secondary N) is 1. The molecule has 0 fully saturated rings. The number of nitrogen functional groups attached to an aromatic ring is 1. The predicted octanol–water partition coefficient (Wildman–Crippen LogP) is 2.07. The van der Waals surface area contributed by atoms with Gasteiger partial charge in [-0.3, -0.25) is 4.79 Å². The summed E-state index contributed by atoms with van der Waals surface area (Å²) >= 11 is 0. The van der Waals surface area contributed by atoms with Crippen LogP contribution < -0.4 is 32.0 Å². The summed E-state index contributed by atoms with van der Waals surface area (Å²) in [4.78, 5) is 12.1. The van der Waals surface area contributed by atoms with Crippen molar-refractivity contribution in [1.29, 1.82) is 0 Å². The zero-order valence-corrected chi connectivity index (χ0v) is 15.8. The summed E-state index contributed by atoms with van der Waals surface area (Å²) in [7, 11) is 3.16. The number of carbonyl (C=O) groups excluding carboxylic acids is 1. The number of ether oxygens (including phenoxy) is 2. The molecule has 0 heterocycles. The summed E-state index contributed by atoms with van der Waals surface area (Å²) in [5.41, 5.74) is 20.9. The summed E-state index contributed by atoms with van der Waals surface area (Å²) in [6, 6.07) is 10.8. The molecule has 2 rings (SSSR count). The molecule has 7 heteroatoms. The van der Waals surface area contributed by atoms with Gasteiger partial charge in [-0.1, -0.05) is 25.1 Å². The summed E-state index contributed by atoms with van der Waals surface area (Å²) in [6.07, 6.45) is 0.800. The van der Waals surface area contributed by atoms with Crippen molar-refractivity contribution >= 4 is 17.3 Å². The van der Waals surface area contributed by atoms with Crippen molar-refractivity contribution in [3.63, 3.8) is 0 Å². The monoisotopic (exact) mass is 370 g/mol. The number of carbonyl (C=O) groups is 1. The molecule has 0 unspecified atom stereocenters. The number of para-hydroxylation sites is 1. The average Bonchev–Trinajstić information content (AvgIpc) is 2.70. The fourth-order valence-corrected chi connectivity index (χ4v) is 2.62. The third-order valence-corrected chi connectivity index (χ3v) is 4.13. The second kappa shape index (κ2) is 8.84. The molecular weight excluding hydrogens is 344 g/mol. The van der Waals surface area contributed by atoms with Crippen molar-refractivity contribution < 1.29 is 14.3 Å². The molecule has 0 aliphatic carbocycles. The minimum atomic E-state index is -0.415. The Bertz CT molecular complexity index is 840. The highest BCUT2D eigenvalue weighted by molar-refractivity contribution is 6.01. The number of hydrogen-bond donors (Lipinski definition) is 4. The van der Waals surface area contributed by atoms with E-state index >= 15 is 0 Å². The van der Waals surface area contributed by atoms with Gasteiger partial charge in [-0.25, -0.2) is 0 Å². The van der Waals surface area contributed by atoms with Crippen LogP contribution in [0, 0.1) is 0 Å². The van der Waals surface area contributed by atoms with Crippen LogP contribution >= 0.6 is 0 Å². The Labute approximate surface area is 159 Å². The van der Waals surface area contributed by atoms with Crippen LogP contribution in [0.4, 0.5) is 5.69 Å². The maximum absolute atomic E-state index is 12.1. The third kappa shape index (κ3) is 4.44. The number of hydrogen-bond acceptors (Lipinski definition) is 6. The molecular formula is C20H26N4O3. The van der Waals surface area contributed by atoms with Gasteiger partial charge in [-0.15, -0.1) is 0 Å². The van der Waals surface area contributed by atoms with Gasteiger partial charge >= 0.3 is 0 Å². The Balaban J connectivity index is 2.51. The number of nitrogens with two attached hydrogens (primary N) is 3. The van der Waals surface area contributed by atoms with Gasteiger partial charge in [0, 0.05) is 29.4 Å². The molecule has 27 heavy (non-hydrogen) atoms. The van der Waals surface area contributed by atoms with Crippen molar-refractivity contribution in [3.8, 4) is 22.6 Å². The number of rotatable bonds is 7. The van der Waals surface area contributed by atoms with E-state index in [2.05, 4.69) is 5.32 Å². The van der Waals surface area contributed by atoms with E-state index in [9.17, 15) is 4.79 Å². The van der Waals surface area contributed by atoms with E-state index in [1.807, 2.05) is 25.1 Å². The first-order chi connectivity index (χ1) is 12.9. The topological polar surface area (TPSA) is 126 Å². The van der Waals surface area contributed by atoms with Gasteiger partial charge in [0.2, 0.25) is 0 Å². The molecule has 144 valence electrons. The molecule has 7 N–H and O–H groups in total. The molecule has 0 aliphatic rings. The lowest BCUT2D eigenvalue weighted by Crippen LogP contribution is -2.31. The number of anilines is 1. The summed E-state index contributed by atoms with van der Waals surface area (Å²) < 4.78 is 10.6. The predicted molar refractivity (Wildman–Crippen MR) is 108 cm³/mol. The standard InChI is InChI=1S/C20H26N4O3/c1-4-8-24-20(25)19(23)18(22)16-7-5-6-15(17(16)21)12-9-13(26-2)11-14(10-12)27-3/h5-7,9-11H,4,8,21-23H2,1-3H3,(H,24,25)/b19-18+. The first-order valence-corrected chi connectivity index (χ1v) is 8.58. The Morgan fingerprint density at radius 2 is 1.70 bits per heavy atom. The van der Waals surface area contributed by atoms with Gasteiger partial charge in [0.1, 0.15) is 17.2 Å². The maximum Gasteiger partial charge on any atom is 0.269 e. The van der Waals surface area contributed by atoms with Crippen LogP contribution in [0.15, 0.2) is 42.1 Å². The lowest BCUT2D eigenvalue weighted by molar-refractivity contribution is -0.117. The highest BCUT2D eigenvalue weighted by atomic mass is 16.5. The average molecular weight is 370 g/mol. The van der Waals surface area contributed by atoms with Crippen molar-refractivity contribution in [2.75, 3.05) is 26.5 Å². The van der Waals surface area contributed by atoms with Crippen LogP contribution in [0.2, 0.25) is 0 Å². The second-order valence-electron chi connectivity index (χ2n) is 5.95. The molecule has 7 nitrogen and oxygen atoms in total. The summed E-state index contributed by atoms with van der Waals surface area (Å²) in [5.74, 6) is 0.856. The van der Waals surface area contributed by atoms with Gasteiger partial charge in [0.15, 0.2) is 0 Å². The molecule has 0 spiro atoms. The van der Waals surface area contributed by atoms with E-state index in [4.69, 9.17) is 26.7 Å². The van der Waals surface area contributed by atoms with Crippen molar-refractivity contribution in [2.45, 2.75) is 13.3 Å². The van der Waals surface area contributed by atoms with E-state index < -0.39 is 5.91 Å². The fourth-order valence-electron chi connectivity index (χ4n) is 2.62. The molecule has 0 saturated heterocycles. The van der Waals surface area contributed by atoms with Gasteiger partial charge in [0.05, 0.1) is 19.9 Å². The highest BCUT2D eigenvalue weighted by Gasteiger charge is 2.16. The zero-order chi connectivity index (χ0) is 20.0. The first kappa shape index (κ1) is 20.0. The van der Waals surface area contributed by atoms with E-state index in [-0.39, 0.29) is 11.4 Å². The van der Waals surface area contributed by atoms with Crippen molar-refractivity contribution in [3.05, 3.63) is 47.7 Å². The van der Waals surface area contributed by atoms with E-state index in [0.29, 0.717) is 29.3 Å². The molecule has 2 aromatic carbocycles. The maximum atomic E-state index is 12.1. The van der Waals surface area contributed by atoms with Crippen molar-refractivity contribution in [1.82, 2.24) is 5.32 Å². The van der Waals surface area contributed by atoms with Crippen LogP contribution in [0.25, 0.3) is 16.8 Å². The Morgan fingerprint density at radius 1 is 1.07 bits per heavy atom. The summed E-state index contributed by atoms with van der Waals surface area (Å²) in [6.45, 7) is 2.47. The lowest BCUT2D eigenvalue weighted by atomic mass is 9.97. The van der Waals surface area contributed by atoms with Crippen molar-refractivity contribution in [2.24, 2.45) is 11.5 Å². The van der Waals surface area contributed by atoms with Crippen LogP contribution in [-0.2, 0) is 4.79 Å². The minimum Gasteiger partial charge on any atom is -0.497 e. The fraction of sp³-hybridized carbons (Fsp3) is 0.250.